The average molecular weight is 536 g/mol. The number of hydrogen-bond donors (Lipinski definition) is 2. The molecule has 1 amide bonds. The zero-order valence-electron chi connectivity index (χ0n) is 21.6. The number of sulfonamides is 1. The number of hydrogen-bond acceptors (Lipinski definition) is 6. The molecule has 2 aliphatic rings. The van der Waals surface area contributed by atoms with Gasteiger partial charge in [-0.25, -0.2) is 8.42 Å². The molecule has 0 aromatic heterocycles. The summed E-state index contributed by atoms with van der Waals surface area (Å²) in [5.41, 5.74) is 0.616. The molecule has 38 heavy (non-hydrogen) atoms. The van der Waals surface area contributed by atoms with Crippen LogP contribution in [0, 0.1) is 0 Å². The van der Waals surface area contributed by atoms with Crippen LogP contribution >= 0.6 is 0 Å². The Morgan fingerprint density at radius 2 is 1.37 bits per heavy atom. The average Bonchev–Trinajstić information content (AvgIpc) is 3.18. The highest BCUT2D eigenvalue weighted by Gasteiger charge is 2.54. The standard InChI is InChI=1S/C29H33N3O5S/c1-36-25-14-13-24(19-26(25)37-2)38(34,35)32-17-15-29(16-18-32)30-27(33)28(31-29,20-22-9-5-3-6-10-22)21-23-11-7-4-8-12-23/h3-14,19,31H,15-18,20-21H2,1-2H3,(H,30,33). The van der Waals surface area contributed by atoms with Gasteiger partial charge in [0.2, 0.25) is 15.9 Å². The number of ether oxygens (including phenoxy) is 2. The first-order valence-corrected chi connectivity index (χ1v) is 14.2. The van der Waals surface area contributed by atoms with E-state index in [1.54, 1.807) is 6.07 Å². The maximum atomic E-state index is 13.7. The van der Waals surface area contributed by atoms with Gasteiger partial charge in [-0.2, -0.15) is 4.31 Å². The summed E-state index contributed by atoms with van der Waals surface area (Å²) in [6, 6.07) is 24.6. The van der Waals surface area contributed by atoms with Crippen molar-refractivity contribution in [2.24, 2.45) is 0 Å². The lowest BCUT2D eigenvalue weighted by molar-refractivity contribution is -0.124. The molecule has 0 atom stereocenters. The van der Waals surface area contributed by atoms with Crippen LogP contribution in [0.1, 0.15) is 24.0 Å². The van der Waals surface area contributed by atoms with Crippen molar-refractivity contribution < 1.29 is 22.7 Å². The SMILES string of the molecule is COc1ccc(S(=O)(=O)N2CCC3(CC2)NC(=O)C(Cc2ccccc2)(Cc2ccccc2)N3)cc1OC. The summed E-state index contributed by atoms with van der Waals surface area (Å²) in [6.45, 7) is 0.549. The number of carbonyl (C=O) groups excluding carboxylic acids is 1. The molecule has 9 heteroatoms. The van der Waals surface area contributed by atoms with E-state index in [1.807, 2.05) is 60.7 Å². The first-order chi connectivity index (χ1) is 18.3. The zero-order valence-corrected chi connectivity index (χ0v) is 22.5. The number of rotatable bonds is 8. The fraction of sp³-hybridized carbons (Fsp3) is 0.345. The normalized spacial score (nSPS) is 18.7. The highest BCUT2D eigenvalue weighted by atomic mass is 32.2. The molecule has 0 aliphatic carbocycles. The molecule has 0 radical (unpaired) electrons. The summed E-state index contributed by atoms with van der Waals surface area (Å²) in [5.74, 6) is 0.773. The quantitative estimate of drug-likeness (QED) is 0.460. The van der Waals surface area contributed by atoms with E-state index in [1.165, 1.54) is 30.7 Å². The first kappa shape index (κ1) is 26.2. The van der Waals surface area contributed by atoms with Crippen LogP contribution in [-0.2, 0) is 27.7 Å². The van der Waals surface area contributed by atoms with Crippen LogP contribution in [-0.4, -0.2) is 57.1 Å². The molecule has 2 aliphatic heterocycles. The summed E-state index contributed by atoms with van der Waals surface area (Å²) in [7, 11) is -0.763. The molecule has 3 aromatic carbocycles. The van der Waals surface area contributed by atoms with E-state index in [9.17, 15) is 13.2 Å². The van der Waals surface area contributed by atoms with Crippen molar-refractivity contribution in [3.05, 3.63) is 90.0 Å². The minimum atomic E-state index is -3.75. The van der Waals surface area contributed by atoms with Crippen molar-refractivity contribution in [2.45, 2.75) is 41.8 Å². The predicted octanol–water partition coefficient (Wildman–Crippen LogP) is 3.13. The smallest absolute Gasteiger partial charge is 0.243 e. The topological polar surface area (TPSA) is 97.0 Å². The molecular formula is C29H33N3O5S. The van der Waals surface area contributed by atoms with E-state index in [2.05, 4.69) is 10.6 Å². The molecule has 0 saturated carbocycles. The molecule has 2 heterocycles. The lowest BCUT2D eigenvalue weighted by atomic mass is 9.84. The number of carbonyl (C=O) groups is 1. The third-order valence-electron chi connectivity index (χ3n) is 7.53. The van der Waals surface area contributed by atoms with Gasteiger partial charge in [-0.05, 0) is 48.9 Å². The summed E-state index contributed by atoms with van der Waals surface area (Å²) in [4.78, 5) is 13.8. The van der Waals surface area contributed by atoms with Crippen LogP contribution in [0.25, 0.3) is 0 Å². The van der Waals surface area contributed by atoms with Gasteiger partial charge >= 0.3 is 0 Å². The molecular weight excluding hydrogens is 502 g/mol. The predicted molar refractivity (Wildman–Crippen MR) is 145 cm³/mol. The molecule has 200 valence electrons. The van der Waals surface area contributed by atoms with Gasteiger partial charge < -0.3 is 14.8 Å². The van der Waals surface area contributed by atoms with Crippen LogP contribution in [0.15, 0.2) is 83.8 Å². The second kappa shape index (κ2) is 10.4. The molecule has 5 rings (SSSR count). The summed E-state index contributed by atoms with van der Waals surface area (Å²) in [6.07, 6.45) is 1.97. The Balaban J connectivity index is 1.37. The fourth-order valence-corrected chi connectivity index (χ4v) is 7.02. The third-order valence-corrected chi connectivity index (χ3v) is 9.43. The highest BCUT2D eigenvalue weighted by molar-refractivity contribution is 7.89. The Kier molecular flexibility index (Phi) is 7.17. The Labute approximate surface area is 224 Å². The number of nitrogens with zero attached hydrogens (tertiary/aromatic N) is 1. The van der Waals surface area contributed by atoms with Gasteiger partial charge in [-0.15, -0.1) is 0 Å². The largest absolute Gasteiger partial charge is 0.493 e. The van der Waals surface area contributed by atoms with E-state index in [0.717, 1.165) is 11.1 Å². The van der Waals surface area contributed by atoms with E-state index >= 15 is 0 Å². The molecule has 3 aromatic rings. The van der Waals surface area contributed by atoms with Crippen molar-refractivity contribution in [1.29, 1.82) is 0 Å². The number of methoxy groups -OCH3 is 2. The van der Waals surface area contributed by atoms with Gasteiger partial charge in [0.25, 0.3) is 0 Å². The van der Waals surface area contributed by atoms with Crippen molar-refractivity contribution >= 4 is 15.9 Å². The molecule has 8 nitrogen and oxygen atoms in total. The van der Waals surface area contributed by atoms with E-state index in [4.69, 9.17) is 9.47 Å². The number of nitrogens with one attached hydrogen (secondary N) is 2. The summed E-state index contributed by atoms with van der Waals surface area (Å²) in [5, 5.41) is 6.93. The maximum Gasteiger partial charge on any atom is 0.243 e. The lowest BCUT2D eigenvalue weighted by Gasteiger charge is -2.40. The van der Waals surface area contributed by atoms with Crippen LogP contribution in [0.4, 0.5) is 0 Å². The fourth-order valence-electron chi connectivity index (χ4n) is 5.57. The van der Waals surface area contributed by atoms with Crippen LogP contribution in [0.5, 0.6) is 11.5 Å². The van der Waals surface area contributed by atoms with Gasteiger partial charge in [-0.3, -0.25) is 10.1 Å². The Morgan fingerprint density at radius 3 is 1.89 bits per heavy atom. The minimum absolute atomic E-state index is 0.0543. The minimum Gasteiger partial charge on any atom is -0.493 e. The molecule has 2 N–H and O–H groups in total. The monoisotopic (exact) mass is 535 g/mol. The van der Waals surface area contributed by atoms with Crippen molar-refractivity contribution in [2.75, 3.05) is 27.3 Å². The highest BCUT2D eigenvalue weighted by Crippen LogP contribution is 2.36. The lowest BCUT2D eigenvalue weighted by Crippen LogP contribution is -2.60. The Hall–Kier alpha value is -3.40. The van der Waals surface area contributed by atoms with Crippen LogP contribution < -0.4 is 20.1 Å². The van der Waals surface area contributed by atoms with Crippen LogP contribution in [0.3, 0.4) is 0 Å². The third kappa shape index (κ3) is 5.01. The molecule has 2 fully saturated rings. The van der Waals surface area contributed by atoms with E-state index < -0.39 is 21.2 Å². The van der Waals surface area contributed by atoms with Gasteiger partial charge in [0.15, 0.2) is 11.5 Å². The second-order valence-corrected chi connectivity index (χ2v) is 11.9. The molecule has 0 bridgehead atoms. The van der Waals surface area contributed by atoms with Crippen molar-refractivity contribution in [1.82, 2.24) is 14.9 Å². The van der Waals surface area contributed by atoms with Crippen molar-refractivity contribution in [3.8, 4) is 11.5 Å². The summed E-state index contributed by atoms with van der Waals surface area (Å²) >= 11 is 0. The van der Waals surface area contributed by atoms with Crippen molar-refractivity contribution in [3.63, 3.8) is 0 Å². The van der Waals surface area contributed by atoms with Gasteiger partial charge in [0.1, 0.15) is 5.54 Å². The molecule has 2 saturated heterocycles. The number of amides is 1. The zero-order chi connectivity index (χ0) is 26.8. The Morgan fingerprint density at radius 1 is 0.816 bits per heavy atom. The summed E-state index contributed by atoms with van der Waals surface area (Å²) < 4.78 is 38.9. The second-order valence-electron chi connectivity index (χ2n) is 9.99. The number of benzene rings is 3. The van der Waals surface area contributed by atoms with Gasteiger partial charge in [0.05, 0.1) is 24.8 Å². The maximum absolute atomic E-state index is 13.7. The van der Waals surface area contributed by atoms with E-state index in [-0.39, 0.29) is 23.9 Å². The molecule has 0 unspecified atom stereocenters. The number of piperidine rings is 1. The first-order valence-electron chi connectivity index (χ1n) is 12.7. The molecule has 1 spiro atoms. The van der Waals surface area contributed by atoms with Gasteiger partial charge in [-0.1, -0.05) is 60.7 Å². The van der Waals surface area contributed by atoms with Gasteiger partial charge in [0, 0.05) is 19.2 Å². The Bertz CT molecular complexity index is 1350. The van der Waals surface area contributed by atoms with Crippen LogP contribution in [0.2, 0.25) is 0 Å². The van der Waals surface area contributed by atoms with E-state index in [0.29, 0.717) is 37.2 Å².